The topological polar surface area (TPSA) is 295 Å². The number of rotatable bonds is 20. The second-order valence-electron chi connectivity index (χ2n) is 27.9. The summed E-state index contributed by atoms with van der Waals surface area (Å²) in [7, 11) is 2.02. The van der Waals surface area contributed by atoms with E-state index in [0.717, 1.165) is 60.5 Å². The quantitative estimate of drug-likeness (QED) is 0.0266. The number of allylic oxidation sites excluding steroid dienone is 1. The van der Waals surface area contributed by atoms with Crippen molar-refractivity contribution >= 4 is 80.6 Å². The fourth-order valence-electron chi connectivity index (χ4n) is 12.0. The van der Waals surface area contributed by atoms with E-state index in [1.807, 2.05) is 106 Å². The highest BCUT2D eigenvalue weighted by molar-refractivity contribution is 8.76. The van der Waals surface area contributed by atoms with E-state index in [4.69, 9.17) is 18.9 Å². The third-order valence-corrected chi connectivity index (χ3v) is 19.0. The molecule has 1 fully saturated rings. The Morgan fingerprint density at radius 3 is 1.88 bits per heavy atom. The van der Waals surface area contributed by atoms with Gasteiger partial charge in [0.25, 0.3) is 0 Å². The second-order valence-corrected chi connectivity index (χ2v) is 30.5. The fraction of sp³-hybridized carbons (Fsp3) is 0.453. The van der Waals surface area contributed by atoms with Gasteiger partial charge in [-0.05, 0) is 164 Å². The number of hydrogen-bond donors (Lipinski definition) is 8. The highest BCUT2D eigenvalue weighted by Gasteiger charge is 2.39. The van der Waals surface area contributed by atoms with Crippen LogP contribution in [-0.4, -0.2) is 142 Å². The van der Waals surface area contributed by atoms with Gasteiger partial charge in [0, 0.05) is 49.1 Å². The monoisotopic (exact) mass is 1380 g/mol. The van der Waals surface area contributed by atoms with Crippen molar-refractivity contribution in [2.45, 2.75) is 186 Å². The third kappa shape index (κ3) is 22.4. The number of hydrogen-bond acceptors (Lipinski definition) is 15. The van der Waals surface area contributed by atoms with Crippen molar-refractivity contribution in [1.29, 1.82) is 0 Å². The van der Waals surface area contributed by atoms with Crippen LogP contribution in [0.15, 0.2) is 133 Å². The minimum Gasteiger partial charge on any atom is -0.488 e. The van der Waals surface area contributed by atoms with Gasteiger partial charge in [-0.25, -0.2) is 14.4 Å². The van der Waals surface area contributed by atoms with E-state index in [1.165, 1.54) is 0 Å². The van der Waals surface area contributed by atoms with E-state index in [9.17, 15) is 29.1 Å². The lowest BCUT2D eigenvalue weighted by Crippen LogP contribution is -2.61. The van der Waals surface area contributed by atoms with Gasteiger partial charge >= 0.3 is 18.2 Å². The van der Waals surface area contributed by atoms with Crippen LogP contribution in [0.2, 0.25) is 0 Å². The van der Waals surface area contributed by atoms with Gasteiger partial charge < -0.3 is 61.3 Å². The van der Waals surface area contributed by atoms with Crippen LogP contribution in [0.25, 0.3) is 16.7 Å². The van der Waals surface area contributed by atoms with Crippen LogP contribution in [0.1, 0.15) is 141 Å². The Labute approximate surface area is 582 Å². The number of carboxylic acids is 1. The Morgan fingerprint density at radius 1 is 0.622 bits per heavy atom. The number of ether oxygens (including phenoxy) is 4. The number of nitrogens with one attached hydrogen (secondary N) is 7. The summed E-state index contributed by atoms with van der Waals surface area (Å²) in [5, 5.41) is 30.3. The molecule has 23 heteroatoms. The molecule has 5 aromatic rings. The first-order valence-electron chi connectivity index (χ1n) is 33.3. The van der Waals surface area contributed by atoms with Crippen LogP contribution < -0.4 is 42.0 Å². The molecular weight excluding hydrogens is 1290 g/mol. The van der Waals surface area contributed by atoms with E-state index < -0.39 is 125 Å². The molecule has 1 heterocycles. The summed E-state index contributed by atoms with van der Waals surface area (Å²) < 4.78 is 23.7. The number of aliphatic carboxylic acids is 1. The molecule has 8 rings (SSSR count). The lowest BCUT2D eigenvalue weighted by Gasteiger charge is -2.32. The molecule has 2 unspecified atom stereocenters. The van der Waals surface area contributed by atoms with Crippen molar-refractivity contribution < 1.29 is 67.2 Å². The lowest BCUT2D eigenvalue weighted by atomic mass is 9.90. The maximum atomic E-state index is 15.5. The Hall–Kier alpha value is -8.67. The zero-order valence-electron chi connectivity index (χ0n) is 57.5. The molecule has 98 heavy (non-hydrogen) atoms. The Balaban J connectivity index is 1.15. The first kappa shape index (κ1) is 75.1. The zero-order valence-corrected chi connectivity index (χ0v) is 59.1. The van der Waals surface area contributed by atoms with Gasteiger partial charge in [-0.1, -0.05) is 143 Å². The maximum Gasteiger partial charge on any atom is 0.407 e. The van der Waals surface area contributed by atoms with E-state index >= 15 is 19.2 Å². The van der Waals surface area contributed by atoms with Crippen LogP contribution in [0.3, 0.4) is 0 Å². The van der Waals surface area contributed by atoms with Crippen LogP contribution >= 0.6 is 21.6 Å². The van der Waals surface area contributed by atoms with Gasteiger partial charge in [-0.3, -0.25) is 28.8 Å². The van der Waals surface area contributed by atoms with Crippen molar-refractivity contribution in [2.75, 3.05) is 24.7 Å². The fourth-order valence-corrected chi connectivity index (χ4v) is 14.4. The summed E-state index contributed by atoms with van der Waals surface area (Å²) in [6.45, 7) is 17.8. The molecule has 3 aliphatic rings. The summed E-state index contributed by atoms with van der Waals surface area (Å²) >= 11 is 0. The van der Waals surface area contributed by atoms with Crippen molar-refractivity contribution in [3.05, 3.63) is 167 Å². The molecular formula is C75H93N7O14S2. The molecule has 2 aliphatic carbocycles. The van der Waals surface area contributed by atoms with Gasteiger partial charge in [0.2, 0.25) is 29.5 Å². The molecule has 0 saturated carbocycles. The number of amides is 7. The van der Waals surface area contributed by atoms with E-state index in [1.54, 1.807) is 97.0 Å². The second kappa shape index (κ2) is 34.2. The Morgan fingerprint density at radius 2 is 1.23 bits per heavy atom. The summed E-state index contributed by atoms with van der Waals surface area (Å²) in [5.41, 5.74) is 5.73. The molecule has 0 aromatic heterocycles. The minimum atomic E-state index is -1.58. The van der Waals surface area contributed by atoms with Gasteiger partial charge in [0.05, 0.1) is 17.7 Å². The zero-order chi connectivity index (χ0) is 70.9. The van der Waals surface area contributed by atoms with E-state index in [2.05, 4.69) is 37.2 Å². The standard InChI is InChI=1S/C75H93N7O14S2/c1-45(94-73(2,3)4)64-69(88)80-62(70(89)90)44-98-97-43-61(79-67(86)59(39-46-22-12-11-13-23-46)81-72(92)93-42-57-55-28-18-16-26-53(55)54-27-17-19-29-56(54)57)63(83)41-50(38-47-31-35-51(36-32-47)95-74(5,6)7)65(84)78-60(40-49-34-33-48-24-14-15-25-52(48)49)68(87)77-58(66(85)82-64)30-20-21-37-76-71(91)96-75(8,9)10/h11-19,22-29,31-32,34-36,45,50,57-62,64H,20-21,30,33,37-44H2,1-10H3,(H,76,91)(H,77,87)(H,78,84)(H,79,86)(H,80,88)(H,81,92)(H,82,85)(H,89,90)/t45?,50-,58+,59-,60-,61+,62?,64+/m1/s1. The van der Waals surface area contributed by atoms with Gasteiger partial charge in [0.15, 0.2) is 5.78 Å². The predicted molar refractivity (Wildman–Crippen MR) is 379 cm³/mol. The minimum absolute atomic E-state index is 0.0308. The molecule has 21 nitrogen and oxygen atoms in total. The van der Waals surface area contributed by atoms with Crippen molar-refractivity contribution in [3.8, 4) is 16.9 Å². The molecule has 1 saturated heterocycles. The molecule has 8 N–H and O–H groups in total. The molecule has 524 valence electrons. The smallest absolute Gasteiger partial charge is 0.407 e. The molecule has 0 radical (unpaired) electrons. The summed E-state index contributed by atoms with van der Waals surface area (Å²) in [6, 6.07) is 30.9. The van der Waals surface area contributed by atoms with Crippen LogP contribution in [0.5, 0.6) is 5.75 Å². The van der Waals surface area contributed by atoms with Crippen LogP contribution in [0, 0.1) is 5.92 Å². The highest BCUT2D eigenvalue weighted by atomic mass is 33.1. The van der Waals surface area contributed by atoms with Crippen molar-refractivity contribution in [3.63, 3.8) is 0 Å². The van der Waals surface area contributed by atoms with Crippen LogP contribution in [-0.2, 0) is 67.0 Å². The maximum absolute atomic E-state index is 15.5. The molecule has 8 atom stereocenters. The van der Waals surface area contributed by atoms with E-state index in [0.29, 0.717) is 29.7 Å². The summed E-state index contributed by atoms with van der Waals surface area (Å²) in [6.07, 6.45) is -0.237. The first-order chi connectivity index (χ1) is 46.5. The van der Waals surface area contributed by atoms with E-state index in [-0.39, 0.29) is 62.7 Å². The molecule has 7 amide bonds. The number of alkyl carbamates (subject to hydrolysis) is 2. The number of carbonyl (C=O) groups is 9. The number of fused-ring (bicyclic) bond motifs is 4. The Bertz CT molecular complexity index is 3630. The molecule has 5 aromatic carbocycles. The van der Waals surface area contributed by atoms with Gasteiger partial charge in [-0.15, -0.1) is 0 Å². The average Bonchev–Trinajstić information content (AvgIpc) is 1.62. The third-order valence-electron chi connectivity index (χ3n) is 16.6. The first-order valence-corrected chi connectivity index (χ1v) is 35.8. The number of ketones is 1. The molecule has 0 spiro atoms. The number of Topliss-reactive ketones (excluding diaryl/α,β-unsaturated/α-hetero) is 1. The predicted octanol–water partition coefficient (Wildman–Crippen LogP) is 9.96. The largest absolute Gasteiger partial charge is 0.488 e. The van der Waals surface area contributed by atoms with Crippen molar-refractivity contribution in [2.24, 2.45) is 5.92 Å². The number of unbranched alkanes of at least 4 members (excludes halogenated alkanes) is 1. The number of carbonyl (C=O) groups excluding carboxylic acids is 8. The summed E-state index contributed by atoms with van der Waals surface area (Å²) in [5.74, 6) is -7.45. The number of carboxylic acid groups (broad SMARTS) is 1. The lowest BCUT2D eigenvalue weighted by molar-refractivity contribution is -0.144. The normalized spacial score (nSPS) is 20.4. The average molecular weight is 1380 g/mol. The number of benzene rings is 5. The Kier molecular flexibility index (Phi) is 26.2. The highest BCUT2D eigenvalue weighted by Crippen LogP contribution is 2.44. The SMILES string of the molecule is CC(OC(C)(C)C)[C@@H]1NC(=O)[C@H](CCCCNC(=O)OC(C)(C)C)NC(=O)[C@@H](CC2=CCc3ccccc32)NC(=O)[C@H](Cc2ccc(OC(C)(C)C)cc2)CC(=O)[C@@H](NC(=O)[C@@H](Cc2ccccc2)NC(=O)OCC2c3ccccc3-c3ccccc32)CSSCC(C(=O)O)NC1=O. The van der Waals surface area contributed by atoms with Crippen molar-refractivity contribution in [1.82, 2.24) is 37.2 Å². The van der Waals surface area contributed by atoms with Gasteiger partial charge in [-0.2, -0.15) is 0 Å². The molecule has 0 bridgehead atoms. The van der Waals surface area contributed by atoms with Crippen LogP contribution in [0.4, 0.5) is 9.59 Å². The summed E-state index contributed by atoms with van der Waals surface area (Å²) in [4.78, 5) is 131. The van der Waals surface area contributed by atoms with Gasteiger partial charge in [0.1, 0.15) is 53.8 Å². The molecule has 1 aliphatic heterocycles.